The van der Waals surface area contributed by atoms with Gasteiger partial charge in [-0.15, -0.1) is 0 Å². The van der Waals surface area contributed by atoms with E-state index < -0.39 is 0 Å². The van der Waals surface area contributed by atoms with Crippen molar-refractivity contribution in [2.75, 3.05) is 18.1 Å². The summed E-state index contributed by atoms with van der Waals surface area (Å²) in [5.41, 5.74) is 5.05. The zero-order chi connectivity index (χ0) is 6.69. The number of thioether (sulfide) groups is 1. The number of amides is 1. The molecule has 3 nitrogen and oxygen atoms in total. The van der Waals surface area contributed by atoms with Crippen LogP contribution < -0.4 is 11.1 Å². The molecule has 3 N–H and O–H groups in total. The smallest absolute Gasteiger partial charge is 0.235 e. The first-order valence-electron chi connectivity index (χ1n) is 2.91. The Morgan fingerprint density at radius 1 is 1.78 bits per heavy atom. The average Bonchev–Trinajstić information content (AvgIpc) is 1.90. The Bertz CT molecular complexity index is 112. The zero-order valence-electron chi connectivity index (χ0n) is 5.09. The van der Waals surface area contributed by atoms with Crippen LogP contribution in [-0.2, 0) is 4.79 Å². The van der Waals surface area contributed by atoms with Gasteiger partial charge in [-0.05, 0) is 0 Å². The quantitative estimate of drug-likeness (QED) is 0.508. The number of rotatable bonds is 1. The molecule has 1 aliphatic heterocycles. The fraction of sp³-hybridized carbons (Fsp3) is 0.800. The summed E-state index contributed by atoms with van der Waals surface area (Å²) in [4.78, 5) is 10.5. The van der Waals surface area contributed by atoms with Gasteiger partial charge in [0.15, 0.2) is 0 Å². The lowest BCUT2D eigenvalue weighted by Crippen LogP contribution is -2.46. The van der Waals surface area contributed by atoms with Gasteiger partial charge in [-0.1, -0.05) is 0 Å². The number of hydrogen-bond acceptors (Lipinski definition) is 3. The van der Waals surface area contributed by atoms with Crippen LogP contribution in [0.2, 0.25) is 0 Å². The van der Waals surface area contributed by atoms with Gasteiger partial charge in [-0.3, -0.25) is 4.79 Å². The predicted octanol–water partition coefficient (Wildman–Crippen LogP) is -0.823. The highest BCUT2D eigenvalue weighted by molar-refractivity contribution is 7.99. The first kappa shape index (κ1) is 6.89. The Hall–Kier alpha value is -0.220. The monoisotopic (exact) mass is 146 g/mol. The molecule has 0 aromatic carbocycles. The predicted molar refractivity (Wildman–Crippen MR) is 38.3 cm³/mol. The van der Waals surface area contributed by atoms with Crippen molar-refractivity contribution in [3.05, 3.63) is 0 Å². The van der Waals surface area contributed by atoms with Gasteiger partial charge in [0, 0.05) is 18.1 Å². The second-order valence-electron chi connectivity index (χ2n) is 1.98. The van der Waals surface area contributed by atoms with Crippen molar-refractivity contribution < 1.29 is 4.79 Å². The highest BCUT2D eigenvalue weighted by atomic mass is 32.2. The van der Waals surface area contributed by atoms with Crippen LogP contribution in [0.5, 0.6) is 0 Å². The SMILES string of the molecule is NC(=O)C1CSCCN1. The summed E-state index contributed by atoms with van der Waals surface area (Å²) in [6, 6.07) is -0.0938. The fourth-order valence-electron chi connectivity index (χ4n) is 0.748. The van der Waals surface area contributed by atoms with E-state index in [9.17, 15) is 4.79 Å². The van der Waals surface area contributed by atoms with E-state index in [1.807, 2.05) is 0 Å². The highest BCUT2D eigenvalue weighted by Crippen LogP contribution is 2.06. The normalized spacial score (nSPS) is 27.8. The average molecular weight is 146 g/mol. The summed E-state index contributed by atoms with van der Waals surface area (Å²) in [7, 11) is 0. The molecule has 0 radical (unpaired) electrons. The highest BCUT2D eigenvalue weighted by Gasteiger charge is 2.16. The van der Waals surface area contributed by atoms with Gasteiger partial charge in [0.05, 0.1) is 6.04 Å². The van der Waals surface area contributed by atoms with Gasteiger partial charge in [0.25, 0.3) is 0 Å². The van der Waals surface area contributed by atoms with Crippen molar-refractivity contribution in [2.45, 2.75) is 6.04 Å². The summed E-state index contributed by atoms with van der Waals surface area (Å²) < 4.78 is 0. The summed E-state index contributed by atoms with van der Waals surface area (Å²) in [6.45, 7) is 0.901. The Morgan fingerprint density at radius 2 is 2.56 bits per heavy atom. The lowest BCUT2D eigenvalue weighted by Gasteiger charge is -2.19. The minimum atomic E-state index is -0.234. The maximum Gasteiger partial charge on any atom is 0.235 e. The van der Waals surface area contributed by atoms with Gasteiger partial charge in [0.1, 0.15) is 0 Å². The molecule has 4 heteroatoms. The van der Waals surface area contributed by atoms with E-state index in [0.717, 1.165) is 18.1 Å². The van der Waals surface area contributed by atoms with Crippen molar-refractivity contribution in [3.8, 4) is 0 Å². The van der Waals surface area contributed by atoms with Crippen LogP contribution in [0.3, 0.4) is 0 Å². The van der Waals surface area contributed by atoms with Crippen LogP contribution in [0.4, 0.5) is 0 Å². The number of carbonyl (C=O) groups excluding carboxylic acids is 1. The molecule has 1 saturated heterocycles. The maximum atomic E-state index is 10.5. The van der Waals surface area contributed by atoms with Crippen molar-refractivity contribution in [3.63, 3.8) is 0 Å². The number of carbonyl (C=O) groups is 1. The standard InChI is InChI=1S/C5H10N2OS/c6-5(8)4-3-9-2-1-7-4/h4,7H,1-3H2,(H2,6,8). The Balaban J connectivity index is 2.31. The fourth-order valence-corrected chi connectivity index (χ4v) is 1.69. The van der Waals surface area contributed by atoms with Gasteiger partial charge < -0.3 is 11.1 Å². The van der Waals surface area contributed by atoms with Crippen LogP contribution >= 0.6 is 11.8 Å². The van der Waals surface area contributed by atoms with Crippen molar-refractivity contribution in [2.24, 2.45) is 5.73 Å². The molecular weight excluding hydrogens is 136 g/mol. The minimum absolute atomic E-state index is 0.0938. The third kappa shape index (κ3) is 1.87. The summed E-state index contributed by atoms with van der Waals surface area (Å²) in [5.74, 6) is 1.68. The Morgan fingerprint density at radius 3 is 2.89 bits per heavy atom. The summed E-state index contributed by atoms with van der Waals surface area (Å²) in [5, 5.41) is 3.02. The molecule has 0 aromatic rings. The van der Waals surface area contributed by atoms with E-state index in [2.05, 4.69) is 5.32 Å². The number of hydrogen-bond donors (Lipinski definition) is 2. The molecule has 0 bridgehead atoms. The largest absolute Gasteiger partial charge is 0.368 e. The van der Waals surface area contributed by atoms with Gasteiger partial charge in [0.2, 0.25) is 5.91 Å². The van der Waals surface area contributed by atoms with Crippen LogP contribution in [0.15, 0.2) is 0 Å². The molecule has 1 amide bonds. The van der Waals surface area contributed by atoms with Crippen LogP contribution in [0.1, 0.15) is 0 Å². The van der Waals surface area contributed by atoms with E-state index in [-0.39, 0.29) is 11.9 Å². The van der Waals surface area contributed by atoms with Crippen LogP contribution in [0, 0.1) is 0 Å². The molecule has 1 rings (SSSR count). The minimum Gasteiger partial charge on any atom is -0.368 e. The summed E-state index contributed by atoms with van der Waals surface area (Å²) >= 11 is 1.77. The second kappa shape index (κ2) is 3.08. The molecule has 1 fully saturated rings. The molecular formula is C5H10N2OS. The van der Waals surface area contributed by atoms with Crippen molar-refractivity contribution in [1.29, 1.82) is 0 Å². The molecule has 0 spiro atoms. The first-order valence-corrected chi connectivity index (χ1v) is 4.06. The van der Waals surface area contributed by atoms with E-state index in [1.165, 1.54) is 0 Å². The Labute approximate surface area is 58.4 Å². The van der Waals surface area contributed by atoms with Gasteiger partial charge in [-0.2, -0.15) is 11.8 Å². The van der Waals surface area contributed by atoms with Crippen molar-refractivity contribution >= 4 is 17.7 Å². The molecule has 0 aromatic heterocycles. The third-order valence-corrected chi connectivity index (χ3v) is 2.33. The second-order valence-corrected chi connectivity index (χ2v) is 3.13. The lowest BCUT2D eigenvalue weighted by molar-refractivity contribution is -0.119. The molecule has 1 unspecified atom stereocenters. The van der Waals surface area contributed by atoms with Gasteiger partial charge in [-0.25, -0.2) is 0 Å². The molecule has 1 heterocycles. The van der Waals surface area contributed by atoms with Crippen LogP contribution in [-0.4, -0.2) is 30.0 Å². The van der Waals surface area contributed by atoms with Crippen molar-refractivity contribution in [1.82, 2.24) is 5.32 Å². The maximum absolute atomic E-state index is 10.5. The molecule has 0 saturated carbocycles. The molecule has 1 atom stereocenters. The third-order valence-electron chi connectivity index (χ3n) is 1.27. The topological polar surface area (TPSA) is 55.1 Å². The van der Waals surface area contributed by atoms with Gasteiger partial charge >= 0.3 is 0 Å². The number of primary amides is 1. The molecule has 0 aliphatic carbocycles. The molecule has 9 heavy (non-hydrogen) atoms. The van der Waals surface area contributed by atoms with E-state index in [0.29, 0.717) is 0 Å². The summed E-state index contributed by atoms with van der Waals surface area (Å²) in [6.07, 6.45) is 0. The molecule has 1 aliphatic rings. The zero-order valence-corrected chi connectivity index (χ0v) is 5.91. The van der Waals surface area contributed by atoms with E-state index in [4.69, 9.17) is 5.73 Å². The number of nitrogens with two attached hydrogens (primary N) is 1. The lowest BCUT2D eigenvalue weighted by atomic mass is 10.3. The van der Waals surface area contributed by atoms with E-state index >= 15 is 0 Å². The number of nitrogens with one attached hydrogen (secondary N) is 1. The molecule has 52 valence electrons. The first-order chi connectivity index (χ1) is 4.30. The van der Waals surface area contributed by atoms with Crippen LogP contribution in [0.25, 0.3) is 0 Å². The Kier molecular flexibility index (Phi) is 2.36. The van der Waals surface area contributed by atoms with E-state index in [1.54, 1.807) is 11.8 Å².